The van der Waals surface area contributed by atoms with E-state index in [4.69, 9.17) is 11.2 Å². The van der Waals surface area contributed by atoms with E-state index in [-0.39, 0.29) is 12.2 Å². The fourth-order valence-electron chi connectivity index (χ4n) is 2.39. The smallest absolute Gasteiger partial charge is 0.279 e. The molecule has 1 aromatic heterocycles. The molecule has 26 heavy (non-hydrogen) atoms. The summed E-state index contributed by atoms with van der Waals surface area (Å²) in [4.78, 5) is 27.5. The summed E-state index contributed by atoms with van der Waals surface area (Å²) in [6.45, 7) is 0.149. The molecule has 130 valence electrons. The van der Waals surface area contributed by atoms with Gasteiger partial charge in [0.05, 0.1) is 28.8 Å². The van der Waals surface area contributed by atoms with Gasteiger partial charge in [0, 0.05) is 17.7 Å². The third-order valence-corrected chi connectivity index (χ3v) is 4.72. The number of hydrogen-bond donors (Lipinski definition) is 0. The first-order chi connectivity index (χ1) is 12.5. The van der Waals surface area contributed by atoms with Crippen LogP contribution in [0.5, 0.6) is 5.75 Å². The molecule has 0 N–H and O–H groups in total. The van der Waals surface area contributed by atoms with Crippen LogP contribution in [-0.2, 0) is 6.54 Å². The Morgan fingerprint density at radius 1 is 1.35 bits per heavy atom. The van der Waals surface area contributed by atoms with Gasteiger partial charge in [-0.2, -0.15) is 4.99 Å². The second-order valence-corrected chi connectivity index (χ2v) is 6.24. The van der Waals surface area contributed by atoms with Crippen molar-refractivity contribution in [3.8, 4) is 18.1 Å². The lowest BCUT2D eigenvalue weighted by Gasteiger charge is -2.01. The van der Waals surface area contributed by atoms with Crippen LogP contribution in [0.1, 0.15) is 10.4 Å². The molecular weight excluding hydrogens is 354 g/mol. The van der Waals surface area contributed by atoms with Crippen molar-refractivity contribution in [2.45, 2.75) is 6.54 Å². The number of ether oxygens (including phenoxy) is 1. The summed E-state index contributed by atoms with van der Waals surface area (Å²) in [5.74, 6) is 2.70. The first-order valence-corrected chi connectivity index (χ1v) is 8.29. The number of amides is 1. The van der Waals surface area contributed by atoms with Crippen LogP contribution in [0.3, 0.4) is 0 Å². The fourth-order valence-corrected chi connectivity index (χ4v) is 3.39. The van der Waals surface area contributed by atoms with Crippen molar-refractivity contribution in [2.24, 2.45) is 4.99 Å². The molecule has 0 atom stereocenters. The third kappa shape index (κ3) is 3.34. The Morgan fingerprint density at radius 3 is 2.69 bits per heavy atom. The highest BCUT2D eigenvalue weighted by molar-refractivity contribution is 7.16. The first-order valence-electron chi connectivity index (χ1n) is 7.48. The van der Waals surface area contributed by atoms with Gasteiger partial charge in [0.15, 0.2) is 4.80 Å². The summed E-state index contributed by atoms with van der Waals surface area (Å²) in [5.41, 5.74) is 0.930. The van der Waals surface area contributed by atoms with Crippen molar-refractivity contribution in [1.29, 1.82) is 0 Å². The molecule has 2 aromatic carbocycles. The molecule has 7 nitrogen and oxygen atoms in total. The Hall–Kier alpha value is -3.44. The Kier molecular flexibility index (Phi) is 4.82. The van der Waals surface area contributed by atoms with Crippen molar-refractivity contribution in [3.63, 3.8) is 0 Å². The van der Waals surface area contributed by atoms with Crippen molar-refractivity contribution < 1.29 is 14.5 Å². The number of fused-ring (bicyclic) bond motifs is 1. The minimum absolute atomic E-state index is 0.0471. The van der Waals surface area contributed by atoms with Gasteiger partial charge < -0.3 is 9.30 Å². The molecule has 0 radical (unpaired) electrons. The summed E-state index contributed by atoms with van der Waals surface area (Å²) in [7, 11) is 1.54. The minimum Gasteiger partial charge on any atom is -0.497 e. The lowest BCUT2D eigenvalue weighted by Crippen LogP contribution is -2.16. The predicted octanol–water partition coefficient (Wildman–Crippen LogP) is 2.99. The molecule has 0 saturated carbocycles. The number of non-ortho nitro benzene ring substituents is 1. The topological polar surface area (TPSA) is 86.7 Å². The fraction of sp³-hybridized carbons (Fsp3) is 0.111. The van der Waals surface area contributed by atoms with E-state index >= 15 is 0 Å². The van der Waals surface area contributed by atoms with Crippen molar-refractivity contribution in [3.05, 3.63) is 62.9 Å². The number of rotatable bonds is 4. The Morgan fingerprint density at radius 2 is 2.08 bits per heavy atom. The SMILES string of the molecule is C#CCn1c(=NC(=O)c2ccc(OC)cc2)sc2ccc([N+](=O)[O-])cc21. The van der Waals surface area contributed by atoms with Gasteiger partial charge in [-0.3, -0.25) is 14.9 Å². The molecular formula is C18H13N3O4S. The standard InChI is InChI=1S/C18H13N3O4S/c1-3-10-20-15-11-13(21(23)24)6-9-16(15)26-18(20)19-17(22)12-4-7-14(25-2)8-5-12/h1,4-9,11H,10H2,2H3. The van der Waals surface area contributed by atoms with Crippen molar-refractivity contribution in [2.75, 3.05) is 7.11 Å². The van der Waals surface area contributed by atoms with Gasteiger partial charge in [0.2, 0.25) is 0 Å². The maximum Gasteiger partial charge on any atom is 0.279 e. The van der Waals surface area contributed by atoms with Crippen LogP contribution in [-0.4, -0.2) is 22.5 Å². The van der Waals surface area contributed by atoms with E-state index < -0.39 is 10.8 Å². The Labute approximate surface area is 152 Å². The third-order valence-electron chi connectivity index (χ3n) is 3.66. The zero-order chi connectivity index (χ0) is 18.7. The highest BCUT2D eigenvalue weighted by Gasteiger charge is 2.13. The molecule has 8 heteroatoms. The van der Waals surface area contributed by atoms with Crippen LogP contribution in [0.25, 0.3) is 10.2 Å². The molecule has 0 saturated heterocycles. The van der Waals surface area contributed by atoms with Gasteiger partial charge in [-0.1, -0.05) is 17.3 Å². The second kappa shape index (κ2) is 7.21. The number of nitrogens with zero attached hydrogens (tertiary/aromatic N) is 3. The maximum atomic E-state index is 12.4. The quantitative estimate of drug-likeness (QED) is 0.403. The van der Waals surface area contributed by atoms with Crippen molar-refractivity contribution >= 4 is 33.1 Å². The number of aromatic nitrogens is 1. The van der Waals surface area contributed by atoms with Crippen LogP contribution < -0.4 is 9.54 Å². The van der Waals surface area contributed by atoms with E-state index in [9.17, 15) is 14.9 Å². The molecule has 0 spiro atoms. The van der Waals surface area contributed by atoms with Crippen LogP contribution in [0.4, 0.5) is 5.69 Å². The van der Waals surface area contributed by atoms with Crippen LogP contribution >= 0.6 is 11.3 Å². The van der Waals surface area contributed by atoms with Crippen LogP contribution in [0.15, 0.2) is 47.5 Å². The number of hydrogen-bond acceptors (Lipinski definition) is 5. The molecule has 0 unspecified atom stereocenters. The van der Waals surface area contributed by atoms with Gasteiger partial charge in [0.25, 0.3) is 11.6 Å². The summed E-state index contributed by atoms with van der Waals surface area (Å²) >= 11 is 1.25. The summed E-state index contributed by atoms with van der Waals surface area (Å²) in [5, 5.41) is 11.0. The van der Waals surface area contributed by atoms with Crippen LogP contribution in [0.2, 0.25) is 0 Å². The molecule has 0 aliphatic carbocycles. The van der Waals surface area contributed by atoms with E-state index in [0.29, 0.717) is 21.6 Å². The van der Waals surface area contributed by atoms with E-state index in [0.717, 1.165) is 4.70 Å². The number of nitro benzene ring substituents is 1. The van der Waals surface area contributed by atoms with Gasteiger partial charge in [-0.25, -0.2) is 0 Å². The number of benzene rings is 2. The van der Waals surface area contributed by atoms with E-state index in [2.05, 4.69) is 10.9 Å². The highest BCUT2D eigenvalue weighted by Crippen LogP contribution is 2.23. The average molecular weight is 367 g/mol. The zero-order valence-corrected chi connectivity index (χ0v) is 14.5. The van der Waals surface area contributed by atoms with E-state index in [1.807, 2.05) is 0 Å². The summed E-state index contributed by atoms with van der Waals surface area (Å²) in [6, 6.07) is 11.1. The van der Waals surface area contributed by atoms with Gasteiger partial charge >= 0.3 is 0 Å². The summed E-state index contributed by atoms with van der Waals surface area (Å²) < 4.78 is 7.44. The lowest BCUT2D eigenvalue weighted by atomic mass is 10.2. The molecule has 1 amide bonds. The number of methoxy groups -OCH3 is 1. The predicted molar refractivity (Wildman–Crippen MR) is 98.2 cm³/mol. The summed E-state index contributed by atoms with van der Waals surface area (Å²) in [6.07, 6.45) is 5.41. The number of thiazole rings is 1. The van der Waals surface area contributed by atoms with Gasteiger partial charge in [-0.15, -0.1) is 6.42 Å². The second-order valence-electron chi connectivity index (χ2n) is 5.23. The number of carbonyl (C=O) groups is 1. The van der Waals surface area contributed by atoms with E-state index in [1.165, 1.54) is 23.5 Å². The number of carbonyl (C=O) groups excluding carboxylic acids is 1. The molecule has 0 aliphatic heterocycles. The minimum atomic E-state index is -0.476. The highest BCUT2D eigenvalue weighted by atomic mass is 32.1. The molecule has 0 aliphatic rings. The van der Waals surface area contributed by atoms with Gasteiger partial charge in [0.1, 0.15) is 5.75 Å². The molecule has 1 heterocycles. The van der Waals surface area contributed by atoms with E-state index in [1.54, 1.807) is 42.0 Å². The molecule has 0 fully saturated rings. The Bertz CT molecular complexity index is 1100. The molecule has 3 aromatic rings. The first kappa shape index (κ1) is 17.4. The zero-order valence-electron chi connectivity index (χ0n) is 13.7. The lowest BCUT2D eigenvalue weighted by molar-refractivity contribution is -0.384. The number of terminal acetylenes is 1. The number of nitro groups is 1. The Balaban J connectivity index is 2.11. The maximum absolute atomic E-state index is 12.4. The molecule has 3 rings (SSSR count). The normalized spacial score (nSPS) is 11.3. The van der Waals surface area contributed by atoms with Gasteiger partial charge in [-0.05, 0) is 30.3 Å². The monoisotopic (exact) mass is 367 g/mol. The van der Waals surface area contributed by atoms with Crippen LogP contribution in [0, 0.1) is 22.5 Å². The largest absolute Gasteiger partial charge is 0.497 e. The average Bonchev–Trinajstić information content (AvgIpc) is 2.98. The molecule has 0 bridgehead atoms. The van der Waals surface area contributed by atoms with Crippen molar-refractivity contribution in [1.82, 2.24) is 4.57 Å².